The van der Waals surface area contributed by atoms with E-state index in [-0.39, 0.29) is 0 Å². The third kappa shape index (κ3) is 5.52. The molecular formula is C11H23NO2S. The van der Waals surface area contributed by atoms with Crippen LogP contribution in [0.5, 0.6) is 0 Å². The van der Waals surface area contributed by atoms with Crippen LogP contribution in [0.25, 0.3) is 0 Å². The highest BCUT2D eigenvalue weighted by atomic mass is 32.2. The van der Waals surface area contributed by atoms with Gasteiger partial charge in [-0.3, -0.25) is 0 Å². The summed E-state index contributed by atoms with van der Waals surface area (Å²) in [5.74, 6) is 0.292. The van der Waals surface area contributed by atoms with Gasteiger partial charge in [-0.15, -0.1) is 0 Å². The number of sulfone groups is 1. The average molecular weight is 233 g/mol. The van der Waals surface area contributed by atoms with Crippen LogP contribution in [0.2, 0.25) is 0 Å². The molecule has 0 bridgehead atoms. The lowest BCUT2D eigenvalue weighted by Gasteiger charge is -2.26. The van der Waals surface area contributed by atoms with E-state index >= 15 is 0 Å². The van der Waals surface area contributed by atoms with Crippen molar-refractivity contribution in [1.29, 1.82) is 0 Å². The number of rotatable bonds is 4. The summed E-state index contributed by atoms with van der Waals surface area (Å²) >= 11 is 0. The monoisotopic (exact) mass is 233 g/mol. The predicted octanol–water partition coefficient (Wildman–Crippen LogP) is 1.69. The van der Waals surface area contributed by atoms with E-state index < -0.39 is 9.84 Å². The summed E-state index contributed by atoms with van der Waals surface area (Å²) in [7, 11) is -0.752. The Labute approximate surface area is 93.8 Å². The highest BCUT2D eigenvalue weighted by Crippen LogP contribution is 2.20. The summed E-state index contributed by atoms with van der Waals surface area (Å²) < 4.78 is 22.1. The summed E-state index contributed by atoms with van der Waals surface area (Å²) in [6.45, 7) is 0.684. The van der Waals surface area contributed by atoms with Gasteiger partial charge in [0.2, 0.25) is 0 Å². The third-order valence-electron chi connectivity index (χ3n) is 3.26. The fourth-order valence-corrected chi connectivity index (χ4v) is 2.81. The zero-order chi connectivity index (χ0) is 11.3. The molecule has 1 rings (SSSR count). The molecule has 3 nitrogen and oxygen atoms in total. The Hall–Kier alpha value is -0.0900. The lowest BCUT2D eigenvalue weighted by Crippen LogP contribution is -2.34. The normalized spacial score (nSPS) is 20.5. The molecule has 0 N–H and O–H groups in total. The van der Waals surface area contributed by atoms with Crippen LogP contribution in [0.4, 0.5) is 0 Å². The summed E-state index contributed by atoms with van der Waals surface area (Å²) in [6, 6.07) is 0.606. The zero-order valence-electron chi connectivity index (χ0n) is 9.91. The Kier molecular flexibility index (Phi) is 5.06. The number of hydrogen-bond acceptors (Lipinski definition) is 3. The lowest BCUT2D eigenvalue weighted by molar-refractivity contribution is 0.233. The van der Waals surface area contributed by atoms with Crippen molar-refractivity contribution in [3.8, 4) is 0 Å². The van der Waals surface area contributed by atoms with Crippen molar-refractivity contribution in [2.24, 2.45) is 0 Å². The molecule has 0 unspecified atom stereocenters. The quantitative estimate of drug-likeness (QED) is 0.693. The summed E-state index contributed by atoms with van der Waals surface area (Å²) in [5.41, 5.74) is 0. The smallest absolute Gasteiger partial charge is 0.148 e. The minimum Gasteiger partial charge on any atom is -0.302 e. The first-order valence-corrected chi connectivity index (χ1v) is 7.93. The molecule has 0 heterocycles. The average Bonchev–Trinajstić information content (AvgIpc) is 2.41. The van der Waals surface area contributed by atoms with Crippen LogP contribution in [0, 0.1) is 0 Å². The van der Waals surface area contributed by atoms with Crippen molar-refractivity contribution >= 4 is 9.84 Å². The fraction of sp³-hybridized carbons (Fsp3) is 1.00. The molecule has 1 aliphatic rings. The van der Waals surface area contributed by atoms with Gasteiger partial charge in [0.25, 0.3) is 0 Å². The minimum absolute atomic E-state index is 0.292. The van der Waals surface area contributed by atoms with Crippen molar-refractivity contribution in [2.45, 2.75) is 44.6 Å². The third-order valence-corrected chi connectivity index (χ3v) is 4.19. The van der Waals surface area contributed by atoms with Crippen molar-refractivity contribution in [3.63, 3.8) is 0 Å². The Morgan fingerprint density at radius 2 is 1.67 bits per heavy atom. The standard InChI is InChI=1S/C11H23NO2S/c1-12(9-10-15(2,13)14)11-7-5-3-4-6-8-11/h11H,3-10H2,1-2H3. The molecule has 0 aliphatic heterocycles. The molecule has 15 heavy (non-hydrogen) atoms. The second-order valence-corrected chi connectivity index (χ2v) is 7.02. The fourth-order valence-electron chi connectivity index (χ4n) is 2.19. The van der Waals surface area contributed by atoms with Crippen LogP contribution in [0.1, 0.15) is 38.5 Å². The van der Waals surface area contributed by atoms with Crippen molar-refractivity contribution < 1.29 is 8.42 Å². The van der Waals surface area contributed by atoms with Crippen LogP contribution in [0.15, 0.2) is 0 Å². The first kappa shape index (κ1) is 13.0. The van der Waals surface area contributed by atoms with Crippen molar-refractivity contribution in [3.05, 3.63) is 0 Å². The molecule has 0 saturated heterocycles. The Balaban J connectivity index is 2.34. The molecule has 0 radical (unpaired) electrons. The molecule has 1 fully saturated rings. The van der Waals surface area contributed by atoms with E-state index in [1.54, 1.807) is 0 Å². The summed E-state index contributed by atoms with van der Waals surface area (Å²) in [6.07, 6.45) is 9.07. The Bertz CT molecular complexity index is 266. The molecule has 90 valence electrons. The van der Waals surface area contributed by atoms with E-state index in [9.17, 15) is 8.42 Å². The maximum atomic E-state index is 11.1. The van der Waals surface area contributed by atoms with Gasteiger partial charge in [-0.2, -0.15) is 0 Å². The Morgan fingerprint density at radius 1 is 1.13 bits per heavy atom. The van der Waals surface area contributed by atoms with Crippen molar-refractivity contribution in [1.82, 2.24) is 4.90 Å². The summed E-state index contributed by atoms with van der Waals surface area (Å²) in [5, 5.41) is 0. The molecule has 0 aromatic carbocycles. The second-order valence-electron chi connectivity index (χ2n) is 4.76. The van der Waals surface area contributed by atoms with Gasteiger partial charge in [0.15, 0.2) is 0 Å². The van der Waals surface area contributed by atoms with Gasteiger partial charge in [0.05, 0.1) is 5.75 Å². The predicted molar refractivity (Wildman–Crippen MR) is 63.8 cm³/mol. The van der Waals surface area contributed by atoms with Gasteiger partial charge < -0.3 is 4.90 Å². The molecule has 0 aromatic heterocycles. The topological polar surface area (TPSA) is 37.4 Å². The molecule has 1 saturated carbocycles. The van der Waals surface area contributed by atoms with Gasteiger partial charge >= 0.3 is 0 Å². The Morgan fingerprint density at radius 3 is 2.13 bits per heavy atom. The van der Waals surface area contributed by atoms with Crippen LogP contribution < -0.4 is 0 Å². The second kappa shape index (κ2) is 5.85. The van der Waals surface area contributed by atoms with Crippen molar-refractivity contribution in [2.75, 3.05) is 25.6 Å². The van der Waals surface area contributed by atoms with Gasteiger partial charge in [0.1, 0.15) is 9.84 Å². The summed E-state index contributed by atoms with van der Waals surface area (Å²) in [4.78, 5) is 2.23. The van der Waals surface area contributed by atoms with E-state index in [0.29, 0.717) is 18.3 Å². The molecule has 0 amide bonds. The first-order chi connectivity index (χ1) is 6.99. The van der Waals surface area contributed by atoms with Crippen LogP contribution in [-0.2, 0) is 9.84 Å². The van der Waals surface area contributed by atoms with E-state index in [2.05, 4.69) is 11.9 Å². The van der Waals surface area contributed by atoms with Gasteiger partial charge in [0, 0.05) is 18.8 Å². The highest BCUT2D eigenvalue weighted by molar-refractivity contribution is 7.90. The van der Waals surface area contributed by atoms with Gasteiger partial charge in [-0.25, -0.2) is 8.42 Å². The van der Waals surface area contributed by atoms with Crippen LogP contribution in [0.3, 0.4) is 0 Å². The van der Waals surface area contributed by atoms with E-state index in [1.165, 1.54) is 44.8 Å². The largest absolute Gasteiger partial charge is 0.302 e. The highest BCUT2D eigenvalue weighted by Gasteiger charge is 2.17. The molecular weight excluding hydrogens is 210 g/mol. The molecule has 0 atom stereocenters. The van der Waals surface area contributed by atoms with E-state index in [4.69, 9.17) is 0 Å². The maximum absolute atomic E-state index is 11.1. The van der Waals surface area contributed by atoms with Crippen LogP contribution >= 0.6 is 0 Å². The van der Waals surface area contributed by atoms with E-state index in [1.807, 2.05) is 0 Å². The van der Waals surface area contributed by atoms with Gasteiger partial charge in [-0.05, 0) is 19.9 Å². The number of hydrogen-bond donors (Lipinski definition) is 0. The van der Waals surface area contributed by atoms with Crippen LogP contribution in [-0.4, -0.2) is 45.0 Å². The maximum Gasteiger partial charge on any atom is 0.148 e. The molecule has 0 aromatic rings. The molecule has 0 spiro atoms. The van der Waals surface area contributed by atoms with Gasteiger partial charge in [-0.1, -0.05) is 25.7 Å². The number of nitrogens with zero attached hydrogens (tertiary/aromatic N) is 1. The zero-order valence-corrected chi connectivity index (χ0v) is 10.7. The first-order valence-electron chi connectivity index (χ1n) is 5.87. The minimum atomic E-state index is -2.81. The molecule has 4 heteroatoms. The SMILES string of the molecule is CN(CCS(C)(=O)=O)C1CCCCCC1. The lowest BCUT2D eigenvalue weighted by atomic mass is 10.1. The van der Waals surface area contributed by atoms with E-state index in [0.717, 1.165) is 0 Å². The molecule has 1 aliphatic carbocycles.